The van der Waals surface area contributed by atoms with Crippen LogP contribution < -0.4 is 0 Å². The fourth-order valence-electron chi connectivity index (χ4n) is 0.791. The van der Waals surface area contributed by atoms with Gasteiger partial charge in [0.25, 0.3) is 0 Å². The molecule has 0 aliphatic heterocycles. The number of hydrogen-bond acceptors (Lipinski definition) is 1. The van der Waals surface area contributed by atoms with E-state index in [1.54, 1.807) is 0 Å². The van der Waals surface area contributed by atoms with Crippen molar-refractivity contribution in [1.82, 2.24) is 4.67 Å². The number of hydrogen-bond donors (Lipinski definition) is 0. The number of halogens is 1. The van der Waals surface area contributed by atoms with Crippen LogP contribution >= 0.6 is 22.9 Å². The van der Waals surface area contributed by atoms with E-state index >= 15 is 0 Å². The van der Waals surface area contributed by atoms with Crippen molar-refractivity contribution in [3.05, 3.63) is 0 Å². The zero-order valence-corrected chi connectivity index (χ0v) is 9.07. The van der Waals surface area contributed by atoms with Gasteiger partial charge in [0, 0.05) is 19.5 Å². The van der Waals surface area contributed by atoms with Gasteiger partial charge in [-0.15, -0.1) is 0 Å². The summed E-state index contributed by atoms with van der Waals surface area (Å²) < 4.78 is 2.40. The SMILES string of the molecule is CC(C)N(PBr)C(C)C. The summed E-state index contributed by atoms with van der Waals surface area (Å²) >= 11 is 3.47. The first-order valence-electron chi connectivity index (χ1n) is 3.24. The van der Waals surface area contributed by atoms with Gasteiger partial charge in [-0.3, -0.25) is 4.67 Å². The molecule has 1 nitrogen and oxygen atoms in total. The number of nitrogens with zero attached hydrogens (tertiary/aromatic N) is 1. The molecular weight excluding hydrogens is 197 g/mol. The minimum Gasteiger partial charge on any atom is -0.271 e. The van der Waals surface area contributed by atoms with Crippen LogP contribution in [0.3, 0.4) is 0 Å². The van der Waals surface area contributed by atoms with Gasteiger partial charge in [0.15, 0.2) is 0 Å². The molecule has 1 atom stereocenters. The smallest absolute Gasteiger partial charge is 0.0218 e. The minimum atomic E-state index is 0.655. The molecule has 0 saturated carbocycles. The topological polar surface area (TPSA) is 3.24 Å². The van der Waals surface area contributed by atoms with Crippen molar-refractivity contribution >= 4 is 22.9 Å². The second-order valence-corrected chi connectivity index (χ2v) is 4.43. The first-order valence-corrected chi connectivity index (χ1v) is 6.44. The van der Waals surface area contributed by atoms with E-state index in [2.05, 4.69) is 47.9 Å². The normalized spacial score (nSPS) is 13.3. The van der Waals surface area contributed by atoms with E-state index in [1.807, 2.05) is 0 Å². The zero-order chi connectivity index (χ0) is 7.44. The molecular formula is C6H15BrNP. The van der Waals surface area contributed by atoms with Gasteiger partial charge in [-0.25, -0.2) is 0 Å². The summed E-state index contributed by atoms with van der Waals surface area (Å²) in [5.41, 5.74) is 0. The van der Waals surface area contributed by atoms with Crippen molar-refractivity contribution in [3.8, 4) is 0 Å². The molecule has 0 aromatic heterocycles. The Hall–Kier alpha value is 0.870. The molecule has 0 N–H and O–H groups in total. The van der Waals surface area contributed by atoms with Crippen LogP contribution in [0.1, 0.15) is 27.7 Å². The quantitative estimate of drug-likeness (QED) is 0.650. The molecule has 0 saturated heterocycles. The first-order chi connectivity index (χ1) is 4.09. The molecule has 1 unspecified atom stereocenters. The van der Waals surface area contributed by atoms with Gasteiger partial charge in [-0.05, 0) is 43.2 Å². The maximum Gasteiger partial charge on any atom is 0.0218 e. The van der Waals surface area contributed by atoms with Crippen LogP contribution in [0.25, 0.3) is 0 Å². The molecule has 0 radical (unpaired) electrons. The molecule has 0 heterocycles. The molecule has 0 aromatic rings. The Morgan fingerprint density at radius 1 is 1.11 bits per heavy atom. The monoisotopic (exact) mass is 211 g/mol. The Labute approximate surface area is 67.8 Å². The Bertz CT molecular complexity index is 67.5. The highest BCUT2D eigenvalue weighted by atomic mass is 79.9. The predicted molar refractivity (Wildman–Crippen MR) is 49.4 cm³/mol. The molecule has 0 bridgehead atoms. The van der Waals surface area contributed by atoms with Crippen LogP contribution in [0.5, 0.6) is 0 Å². The standard InChI is InChI=1S/C6H15BrNP/c1-5(2)8(9-7)6(3)4/h5-6,9H,1-4H3. The average molecular weight is 212 g/mol. The van der Waals surface area contributed by atoms with E-state index in [1.165, 1.54) is 0 Å². The summed E-state index contributed by atoms with van der Waals surface area (Å²) in [5.74, 6) is 0. The average Bonchev–Trinajstić information content (AvgIpc) is 1.64. The lowest BCUT2D eigenvalue weighted by Crippen LogP contribution is -2.28. The van der Waals surface area contributed by atoms with Crippen LogP contribution in [0.15, 0.2) is 0 Å². The van der Waals surface area contributed by atoms with Gasteiger partial charge in [-0.2, -0.15) is 0 Å². The molecule has 0 aliphatic rings. The highest BCUT2D eigenvalue weighted by Gasteiger charge is 2.10. The summed E-state index contributed by atoms with van der Waals surface area (Å²) in [6.07, 6.45) is 0. The fraction of sp³-hybridized carbons (Fsp3) is 1.00. The van der Waals surface area contributed by atoms with Gasteiger partial charge in [0.05, 0.1) is 0 Å². The minimum absolute atomic E-state index is 0.655. The van der Waals surface area contributed by atoms with Crippen LogP contribution in [0.4, 0.5) is 0 Å². The highest BCUT2D eigenvalue weighted by molar-refractivity contribution is 9.36. The molecule has 56 valence electrons. The lowest BCUT2D eigenvalue weighted by molar-refractivity contribution is 0.333. The largest absolute Gasteiger partial charge is 0.271 e. The number of rotatable bonds is 3. The molecule has 0 rings (SSSR count). The van der Waals surface area contributed by atoms with Crippen molar-refractivity contribution < 1.29 is 0 Å². The molecule has 3 heteroatoms. The van der Waals surface area contributed by atoms with Crippen molar-refractivity contribution in [2.45, 2.75) is 39.8 Å². The van der Waals surface area contributed by atoms with E-state index in [0.29, 0.717) is 12.1 Å². The Morgan fingerprint density at radius 2 is 1.44 bits per heavy atom. The van der Waals surface area contributed by atoms with E-state index in [0.717, 1.165) is 7.43 Å². The molecule has 0 amide bonds. The Balaban J connectivity index is 3.68. The summed E-state index contributed by atoms with van der Waals surface area (Å²) in [7, 11) is 0.755. The van der Waals surface area contributed by atoms with Gasteiger partial charge < -0.3 is 0 Å². The third-order valence-electron chi connectivity index (χ3n) is 1.21. The van der Waals surface area contributed by atoms with Gasteiger partial charge in [0.2, 0.25) is 0 Å². The predicted octanol–water partition coefficient (Wildman–Crippen LogP) is 3.01. The molecule has 0 spiro atoms. The van der Waals surface area contributed by atoms with E-state index < -0.39 is 0 Å². The zero-order valence-electron chi connectivity index (χ0n) is 6.48. The summed E-state index contributed by atoms with van der Waals surface area (Å²) in [4.78, 5) is 0. The molecule has 0 fully saturated rings. The second-order valence-electron chi connectivity index (χ2n) is 2.68. The summed E-state index contributed by atoms with van der Waals surface area (Å²) in [6.45, 7) is 8.87. The van der Waals surface area contributed by atoms with Crippen molar-refractivity contribution in [1.29, 1.82) is 0 Å². The van der Waals surface area contributed by atoms with Crippen LogP contribution in [-0.4, -0.2) is 16.8 Å². The van der Waals surface area contributed by atoms with Gasteiger partial charge in [0.1, 0.15) is 0 Å². The van der Waals surface area contributed by atoms with Gasteiger partial charge >= 0.3 is 0 Å². The third-order valence-corrected chi connectivity index (χ3v) is 3.67. The van der Waals surface area contributed by atoms with Crippen LogP contribution in [-0.2, 0) is 0 Å². The second kappa shape index (κ2) is 4.65. The van der Waals surface area contributed by atoms with Crippen LogP contribution in [0.2, 0.25) is 0 Å². The summed E-state index contributed by atoms with van der Waals surface area (Å²) in [5, 5.41) is 0. The first kappa shape index (κ1) is 9.87. The van der Waals surface area contributed by atoms with E-state index in [4.69, 9.17) is 0 Å². The van der Waals surface area contributed by atoms with E-state index in [-0.39, 0.29) is 0 Å². The molecule has 0 aliphatic carbocycles. The molecule has 9 heavy (non-hydrogen) atoms. The van der Waals surface area contributed by atoms with Crippen molar-refractivity contribution in [3.63, 3.8) is 0 Å². The van der Waals surface area contributed by atoms with Crippen molar-refractivity contribution in [2.24, 2.45) is 0 Å². The lowest BCUT2D eigenvalue weighted by atomic mass is 10.3. The summed E-state index contributed by atoms with van der Waals surface area (Å²) in [6, 6.07) is 1.31. The maximum absolute atomic E-state index is 3.47. The highest BCUT2D eigenvalue weighted by Crippen LogP contribution is 2.30. The molecule has 0 aromatic carbocycles. The van der Waals surface area contributed by atoms with Crippen LogP contribution in [0, 0.1) is 0 Å². The fourth-order valence-corrected chi connectivity index (χ4v) is 3.64. The third kappa shape index (κ3) is 3.54. The van der Waals surface area contributed by atoms with Gasteiger partial charge in [-0.1, -0.05) is 0 Å². The van der Waals surface area contributed by atoms with E-state index in [9.17, 15) is 0 Å². The maximum atomic E-state index is 3.47. The Kier molecular flexibility index (Phi) is 5.10. The Morgan fingerprint density at radius 3 is 1.44 bits per heavy atom. The lowest BCUT2D eigenvalue weighted by Gasteiger charge is -2.27. The van der Waals surface area contributed by atoms with Crippen molar-refractivity contribution in [2.75, 3.05) is 0 Å².